The fourth-order valence-corrected chi connectivity index (χ4v) is 6.52. The SMILES string of the molecule is CCOCCn1cc(C2CCN(S(=O)(=O)c3cc(Cl)cc(Cl)c3)CC2)c2ccccc21. The third-order valence-electron chi connectivity index (χ3n) is 5.87. The van der Waals surface area contributed by atoms with Crippen molar-refractivity contribution in [3.05, 3.63) is 64.3 Å². The summed E-state index contributed by atoms with van der Waals surface area (Å²) >= 11 is 12.0. The Morgan fingerprint density at radius 1 is 1.06 bits per heavy atom. The maximum Gasteiger partial charge on any atom is 0.243 e. The van der Waals surface area contributed by atoms with Crippen molar-refractivity contribution in [3.8, 4) is 0 Å². The van der Waals surface area contributed by atoms with Crippen LogP contribution in [-0.4, -0.2) is 43.6 Å². The summed E-state index contributed by atoms with van der Waals surface area (Å²) in [6.07, 6.45) is 3.76. The molecule has 1 fully saturated rings. The number of hydrogen-bond donors (Lipinski definition) is 0. The molecule has 1 saturated heterocycles. The predicted molar refractivity (Wildman–Crippen MR) is 126 cm³/mol. The van der Waals surface area contributed by atoms with Gasteiger partial charge in [-0.3, -0.25) is 0 Å². The summed E-state index contributed by atoms with van der Waals surface area (Å²) in [7, 11) is -3.62. The van der Waals surface area contributed by atoms with Crippen molar-refractivity contribution in [2.75, 3.05) is 26.3 Å². The molecule has 166 valence electrons. The van der Waals surface area contributed by atoms with E-state index >= 15 is 0 Å². The Kier molecular flexibility index (Phi) is 6.94. The molecule has 31 heavy (non-hydrogen) atoms. The van der Waals surface area contributed by atoms with Gasteiger partial charge in [-0.05, 0) is 55.5 Å². The minimum absolute atomic E-state index is 0.149. The number of rotatable bonds is 7. The number of sulfonamides is 1. The van der Waals surface area contributed by atoms with Crippen LogP contribution in [0.25, 0.3) is 10.9 Å². The quantitative estimate of drug-likeness (QED) is 0.416. The normalized spacial score (nSPS) is 16.2. The molecule has 2 heterocycles. The molecule has 8 heteroatoms. The fraction of sp³-hybridized carbons (Fsp3) is 0.391. The van der Waals surface area contributed by atoms with Crippen LogP contribution in [0, 0.1) is 0 Å². The zero-order chi connectivity index (χ0) is 22.0. The van der Waals surface area contributed by atoms with Crippen LogP contribution in [0.5, 0.6) is 0 Å². The summed E-state index contributed by atoms with van der Waals surface area (Å²) in [6, 6.07) is 12.8. The maximum atomic E-state index is 13.1. The molecule has 1 aliphatic rings. The molecule has 0 bridgehead atoms. The number of ether oxygens (including phenoxy) is 1. The maximum absolute atomic E-state index is 13.1. The number of piperidine rings is 1. The summed E-state index contributed by atoms with van der Waals surface area (Å²) in [5.41, 5.74) is 2.48. The largest absolute Gasteiger partial charge is 0.380 e. The van der Waals surface area contributed by atoms with Gasteiger partial charge in [-0.25, -0.2) is 8.42 Å². The zero-order valence-corrected chi connectivity index (χ0v) is 19.8. The van der Waals surface area contributed by atoms with Crippen LogP contribution in [0.1, 0.15) is 31.2 Å². The van der Waals surface area contributed by atoms with Gasteiger partial charge in [0.1, 0.15) is 0 Å². The molecule has 5 nitrogen and oxygen atoms in total. The molecule has 0 radical (unpaired) electrons. The van der Waals surface area contributed by atoms with Gasteiger partial charge in [-0.1, -0.05) is 41.4 Å². The molecule has 1 aromatic heterocycles. The molecule has 4 rings (SSSR count). The molecule has 0 unspecified atom stereocenters. The van der Waals surface area contributed by atoms with Crippen molar-refractivity contribution >= 4 is 44.1 Å². The highest BCUT2D eigenvalue weighted by Gasteiger charge is 2.31. The van der Waals surface area contributed by atoms with Gasteiger partial charge in [0.25, 0.3) is 0 Å². The van der Waals surface area contributed by atoms with Crippen molar-refractivity contribution in [1.82, 2.24) is 8.87 Å². The number of nitrogens with zero attached hydrogens (tertiary/aromatic N) is 2. The first-order valence-electron chi connectivity index (χ1n) is 10.5. The fourth-order valence-electron chi connectivity index (χ4n) is 4.33. The van der Waals surface area contributed by atoms with E-state index in [1.54, 1.807) is 4.31 Å². The van der Waals surface area contributed by atoms with Crippen LogP contribution in [0.4, 0.5) is 0 Å². The van der Waals surface area contributed by atoms with Crippen molar-refractivity contribution in [2.24, 2.45) is 0 Å². The molecule has 0 aliphatic carbocycles. The summed E-state index contributed by atoms with van der Waals surface area (Å²) in [5.74, 6) is 0.313. The second-order valence-corrected chi connectivity index (χ2v) is 10.6. The second kappa shape index (κ2) is 9.51. The van der Waals surface area contributed by atoms with Gasteiger partial charge in [-0.15, -0.1) is 0 Å². The molecule has 0 saturated carbocycles. The molecule has 0 atom stereocenters. The third kappa shape index (κ3) is 4.78. The average Bonchev–Trinajstić information content (AvgIpc) is 3.12. The lowest BCUT2D eigenvalue weighted by Crippen LogP contribution is -2.37. The molecular weight excluding hydrogens is 455 g/mol. The molecule has 1 aliphatic heterocycles. The lowest BCUT2D eigenvalue weighted by atomic mass is 9.90. The lowest BCUT2D eigenvalue weighted by Gasteiger charge is -2.31. The molecular formula is C23H26Cl2N2O3S. The van der Waals surface area contributed by atoms with Gasteiger partial charge >= 0.3 is 0 Å². The van der Waals surface area contributed by atoms with Crippen LogP contribution in [0.15, 0.2) is 53.6 Å². The number of benzene rings is 2. The van der Waals surface area contributed by atoms with Crippen molar-refractivity contribution in [2.45, 2.75) is 37.1 Å². The predicted octanol–water partition coefficient (Wildman–Crippen LogP) is 5.55. The van der Waals surface area contributed by atoms with E-state index in [1.807, 2.05) is 6.92 Å². The number of halogens is 2. The Bertz CT molecular complexity index is 1150. The summed E-state index contributed by atoms with van der Waals surface area (Å²) in [6.45, 7) is 5.12. The first-order valence-corrected chi connectivity index (χ1v) is 12.7. The standard InChI is InChI=1S/C23H26Cl2N2O3S/c1-2-30-12-11-26-16-22(21-5-3-4-6-23(21)26)17-7-9-27(10-8-17)31(28,29)20-14-18(24)13-19(25)15-20/h3-6,13-17H,2,7-12H2,1H3. The molecule has 2 aromatic carbocycles. The van der Waals surface area contributed by atoms with Crippen molar-refractivity contribution < 1.29 is 13.2 Å². The highest BCUT2D eigenvalue weighted by Crippen LogP contribution is 2.36. The third-order valence-corrected chi connectivity index (χ3v) is 8.18. The van der Waals surface area contributed by atoms with Crippen LogP contribution in [0.3, 0.4) is 0 Å². The van der Waals surface area contributed by atoms with Gasteiger partial charge in [0.15, 0.2) is 0 Å². The van der Waals surface area contributed by atoms with Crippen LogP contribution < -0.4 is 0 Å². The highest BCUT2D eigenvalue weighted by atomic mass is 35.5. The zero-order valence-electron chi connectivity index (χ0n) is 17.4. The van der Waals surface area contributed by atoms with Gasteiger partial charge < -0.3 is 9.30 Å². The average molecular weight is 481 g/mol. The Balaban J connectivity index is 1.53. The first kappa shape index (κ1) is 22.6. The van der Waals surface area contributed by atoms with Gasteiger partial charge in [0.2, 0.25) is 10.0 Å². The van der Waals surface area contributed by atoms with Crippen LogP contribution in [0.2, 0.25) is 10.0 Å². The van der Waals surface area contributed by atoms with E-state index in [1.165, 1.54) is 34.7 Å². The lowest BCUT2D eigenvalue weighted by molar-refractivity contribution is 0.140. The highest BCUT2D eigenvalue weighted by molar-refractivity contribution is 7.89. The van der Waals surface area contributed by atoms with E-state index in [4.69, 9.17) is 27.9 Å². The minimum Gasteiger partial charge on any atom is -0.380 e. The number of hydrogen-bond acceptors (Lipinski definition) is 3. The smallest absolute Gasteiger partial charge is 0.243 e. The van der Waals surface area contributed by atoms with Crippen molar-refractivity contribution in [1.29, 1.82) is 0 Å². The molecule has 0 spiro atoms. The Hall–Kier alpha value is -1.57. The monoisotopic (exact) mass is 480 g/mol. The first-order chi connectivity index (χ1) is 14.9. The topological polar surface area (TPSA) is 51.5 Å². The van der Waals surface area contributed by atoms with Gasteiger partial charge in [-0.2, -0.15) is 4.31 Å². The van der Waals surface area contributed by atoms with Crippen LogP contribution >= 0.6 is 23.2 Å². The second-order valence-electron chi connectivity index (χ2n) is 7.78. The Morgan fingerprint density at radius 2 is 1.74 bits per heavy atom. The Labute approximate surface area is 193 Å². The van der Waals surface area contributed by atoms with E-state index < -0.39 is 10.0 Å². The Morgan fingerprint density at radius 3 is 2.42 bits per heavy atom. The number of aromatic nitrogens is 1. The number of fused-ring (bicyclic) bond motifs is 1. The summed E-state index contributed by atoms with van der Waals surface area (Å²) < 4.78 is 35.5. The van der Waals surface area contributed by atoms with Gasteiger partial charge in [0, 0.05) is 53.4 Å². The molecule has 3 aromatic rings. The molecule has 0 amide bonds. The van der Waals surface area contributed by atoms with E-state index in [2.05, 4.69) is 35.0 Å². The summed E-state index contributed by atoms with van der Waals surface area (Å²) in [5, 5.41) is 1.88. The minimum atomic E-state index is -3.62. The summed E-state index contributed by atoms with van der Waals surface area (Å²) in [4.78, 5) is 0.149. The van der Waals surface area contributed by atoms with E-state index in [0.717, 1.165) is 19.4 Å². The van der Waals surface area contributed by atoms with Crippen molar-refractivity contribution in [3.63, 3.8) is 0 Å². The van der Waals surface area contributed by atoms with Crippen LogP contribution in [-0.2, 0) is 21.3 Å². The number of para-hydroxylation sites is 1. The van der Waals surface area contributed by atoms with Gasteiger partial charge in [0.05, 0.1) is 11.5 Å². The van der Waals surface area contributed by atoms with E-state index in [-0.39, 0.29) is 4.90 Å². The van der Waals surface area contributed by atoms with E-state index in [0.29, 0.717) is 42.3 Å². The van der Waals surface area contributed by atoms with E-state index in [9.17, 15) is 8.42 Å². The molecule has 0 N–H and O–H groups in total.